The molecule has 17 heavy (non-hydrogen) atoms. The molecule has 0 aliphatic carbocycles. The van der Waals surface area contributed by atoms with E-state index in [4.69, 9.17) is 5.11 Å². The van der Waals surface area contributed by atoms with Gasteiger partial charge < -0.3 is 9.84 Å². The van der Waals surface area contributed by atoms with Crippen LogP contribution in [-0.2, 0) is 16.0 Å². The van der Waals surface area contributed by atoms with Crippen molar-refractivity contribution in [3.63, 3.8) is 0 Å². The summed E-state index contributed by atoms with van der Waals surface area (Å²) in [7, 11) is 0. The lowest BCUT2D eigenvalue weighted by Crippen LogP contribution is -2.16. The van der Waals surface area contributed by atoms with Crippen LogP contribution in [0.5, 0.6) is 0 Å². The lowest BCUT2D eigenvalue weighted by molar-refractivity contribution is -0.168. The van der Waals surface area contributed by atoms with Gasteiger partial charge in [-0.15, -0.1) is 11.3 Å². The largest absolute Gasteiger partial charge is 0.481 e. The predicted molar refractivity (Wildman–Crippen MR) is 56.2 cm³/mol. The molecule has 9 heteroatoms. The van der Waals surface area contributed by atoms with E-state index in [0.717, 1.165) is 11.8 Å². The molecular weight excluding hydrogens is 279 g/mol. The third kappa shape index (κ3) is 6.49. The molecule has 0 saturated heterocycles. The van der Waals surface area contributed by atoms with E-state index in [1.807, 2.05) is 0 Å². The van der Waals surface area contributed by atoms with Gasteiger partial charge in [0.2, 0.25) is 0 Å². The van der Waals surface area contributed by atoms with Gasteiger partial charge >= 0.3 is 12.1 Å². The molecule has 1 heterocycles. The predicted octanol–water partition coefficient (Wildman–Crippen LogP) is 2.40. The number of nitrogens with zero attached hydrogens (tertiary/aromatic N) is 1. The zero-order valence-electron chi connectivity index (χ0n) is 8.36. The molecule has 0 amide bonds. The molecule has 0 atom stereocenters. The summed E-state index contributed by atoms with van der Waals surface area (Å²) in [6.45, 7) is -1.30. The van der Waals surface area contributed by atoms with E-state index in [9.17, 15) is 18.0 Å². The highest BCUT2D eigenvalue weighted by Crippen LogP contribution is 2.24. The lowest BCUT2D eigenvalue weighted by Gasteiger charge is -2.05. The quantitative estimate of drug-likeness (QED) is 0.494. The number of hydrogen-bond donors (Lipinski definition) is 1. The Kier molecular flexibility index (Phi) is 5.22. The van der Waals surface area contributed by atoms with Crippen molar-refractivity contribution in [3.8, 4) is 0 Å². The molecule has 96 valence electrons. The summed E-state index contributed by atoms with van der Waals surface area (Å²) < 4.78 is 40.0. The van der Waals surface area contributed by atoms with Crippen LogP contribution in [0.4, 0.5) is 13.2 Å². The first-order valence-corrected chi connectivity index (χ1v) is 6.17. The molecule has 1 N–H and O–H groups in total. The second-order valence-electron chi connectivity index (χ2n) is 2.90. The van der Waals surface area contributed by atoms with Crippen LogP contribution in [0.1, 0.15) is 5.69 Å². The summed E-state index contributed by atoms with van der Waals surface area (Å²) in [5, 5.41) is 10.0. The second-order valence-corrected chi connectivity index (χ2v) is 4.93. The highest BCUT2D eigenvalue weighted by atomic mass is 32.2. The van der Waals surface area contributed by atoms with E-state index >= 15 is 0 Å². The van der Waals surface area contributed by atoms with E-state index in [0.29, 0.717) is 10.0 Å². The molecule has 0 fully saturated rings. The molecule has 1 aromatic rings. The van der Waals surface area contributed by atoms with Crippen molar-refractivity contribution in [3.05, 3.63) is 11.1 Å². The third-order valence-corrected chi connectivity index (χ3v) is 3.34. The summed E-state index contributed by atoms with van der Waals surface area (Å²) in [6.07, 6.45) is -4.53. The van der Waals surface area contributed by atoms with Gasteiger partial charge in [-0.3, -0.25) is 4.79 Å². The van der Waals surface area contributed by atoms with E-state index in [1.165, 1.54) is 11.3 Å². The summed E-state index contributed by atoms with van der Waals surface area (Å²) in [5.41, 5.74) is 0.390. The summed E-state index contributed by atoms with van der Waals surface area (Å²) in [6, 6.07) is 0. The van der Waals surface area contributed by atoms with Gasteiger partial charge in [0.25, 0.3) is 0 Å². The molecular formula is C8H8F3NO3S2. The highest BCUT2D eigenvalue weighted by Gasteiger charge is 2.27. The average molecular weight is 287 g/mol. The molecule has 0 aliphatic heterocycles. The Morgan fingerprint density at radius 2 is 2.29 bits per heavy atom. The Balaban J connectivity index is 2.28. The first-order valence-electron chi connectivity index (χ1n) is 4.30. The zero-order valence-corrected chi connectivity index (χ0v) is 9.99. The number of ether oxygens (including phenoxy) is 1. The zero-order chi connectivity index (χ0) is 12.9. The van der Waals surface area contributed by atoms with Gasteiger partial charge in [0.15, 0.2) is 4.34 Å². The van der Waals surface area contributed by atoms with Gasteiger partial charge in [-0.05, 0) is 0 Å². The molecule has 0 radical (unpaired) electrons. The van der Waals surface area contributed by atoms with Gasteiger partial charge in [0, 0.05) is 5.38 Å². The van der Waals surface area contributed by atoms with Gasteiger partial charge in [0.1, 0.15) is 6.61 Å². The van der Waals surface area contributed by atoms with Crippen molar-refractivity contribution in [1.82, 2.24) is 4.98 Å². The number of thioether (sulfide) groups is 1. The van der Waals surface area contributed by atoms with E-state index in [1.54, 1.807) is 5.38 Å². The lowest BCUT2D eigenvalue weighted by atomic mass is 10.3. The molecule has 0 spiro atoms. The number of carbonyl (C=O) groups is 1. The van der Waals surface area contributed by atoms with Gasteiger partial charge in [0.05, 0.1) is 18.1 Å². The van der Waals surface area contributed by atoms with E-state index < -0.39 is 18.8 Å². The number of carboxylic acids is 1. The maximum Gasteiger partial charge on any atom is 0.411 e. The minimum Gasteiger partial charge on any atom is -0.481 e. The van der Waals surface area contributed by atoms with E-state index in [-0.39, 0.29) is 12.4 Å². The number of aliphatic carboxylic acids is 1. The molecule has 0 bridgehead atoms. The number of halogens is 3. The molecule has 0 unspecified atom stereocenters. The van der Waals surface area contributed by atoms with Crippen LogP contribution in [0.15, 0.2) is 9.72 Å². The van der Waals surface area contributed by atoms with Crippen molar-refractivity contribution in [1.29, 1.82) is 0 Å². The number of thiazole rings is 1. The Bertz CT molecular complexity index is 380. The second kappa shape index (κ2) is 6.22. The number of alkyl halides is 3. The summed E-state index contributed by atoms with van der Waals surface area (Å²) in [5.74, 6) is -1.17. The molecule has 1 aromatic heterocycles. The maximum absolute atomic E-state index is 11.7. The normalized spacial score (nSPS) is 11.7. The number of carboxylic acid groups (broad SMARTS) is 1. The Labute approximate surface area is 103 Å². The van der Waals surface area contributed by atoms with Crippen LogP contribution in [0.25, 0.3) is 0 Å². The minimum absolute atomic E-state index is 0.167. The summed E-state index contributed by atoms with van der Waals surface area (Å²) in [4.78, 5) is 14.3. The van der Waals surface area contributed by atoms with Crippen LogP contribution in [0, 0.1) is 0 Å². The molecule has 0 saturated carbocycles. The maximum atomic E-state index is 11.7. The Morgan fingerprint density at radius 1 is 1.59 bits per heavy atom. The van der Waals surface area contributed by atoms with Crippen LogP contribution in [-0.4, -0.2) is 34.8 Å². The van der Waals surface area contributed by atoms with Gasteiger partial charge in [-0.2, -0.15) is 13.2 Å². The SMILES string of the molecule is O=C(O)Cc1csc(SCOCC(F)(F)F)n1. The number of aromatic nitrogens is 1. The fourth-order valence-corrected chi connectivity index (χ4v) is 2.39. The molecule has 0 aliphatic rings. The highest BCUT2D eigenvalue weighted by molar-refractivity contribution is 8.00. The van der Waals surface area contributed by atoms with Crippen molar-refractivity contribution < 1.29 is 27.8 Å². The summed E-state index contributed by atoms with van der Waals surface area (Å²) >= 11 is 2.18. The third-order valence-electron chi connectivity index (χ3n) is 1.39. The van der Waals surface area contributed by atoms with Crippen molar-refractivity contribution in [2.45, 2.75) is 16.9 Å². The van der Waals surface area contributed by atoms with Gasteiger partial charge in [-0.25, -0.2) is 4.98 Å². The molecule has 4 nitrogen and oxygen atoms in total. The fraction of sp³-hybridized carbons (Fsp3) is 0.500. The van der Waals surface area contributed by atoms with Crippen LogP contribution >= 0.6 is 23.1 Å². The smallest absolute Gasteiger partial charge is 0.411 e. The fourth-order valence-electron chi connectivity index (χ4n) is 0.840. The van der Waals surface area contributed by atoms with Crippen LogP contribution in [0.2, 0.25) is 0 Å². The van der Waals surface area contributed by atoms with Crippen molar-refractivity contribution >= 4 is 29.1 Å². The van der Waals surface area contributed by atoms with Crippen LogP contribution < -0.4 is 0 Å². The molecule has 0 aromatic carbocycles. The standard InChI is InChI=1S/C8H8F3NO3S2/c9-8(10,11)3-15-4-17-7-12-5(2-16-7)1-6(13)14/h2H,1,3-4H2,(H,13,14). The Hall–Kier alpha value is -0.800. The first kappa shape index (κ1) is 14.3. The first-order chi connectivity index (χ1) is 7.87. The number of hydrogen-bond acceptors (Lipinski definition) is 5. The average Bonchev–Trinajstić information content (AvgIpc) is 2.58. The van der Waals surface area contributed by atoms with Crippen molar-refractivity contribution in [2.24, 2.45) is 0 Å². The monoisotopic (exact) mass is 287 g/mol. The Morgan fingerprint density at radius 3 is 2.88 bits per heavy atom. The van der Waals surface area contributed by atoms with Gasteiger partial charge in [-0.1, -0.05) is 11.8 Å². The molecule has 1 rings (SSSR count). The van der Waals surface area contributed by atoms with Crippen LogP contribution in [0.3, 0.4) is 0 Å². The minimum atomic E-state index is -4.34. The van der Waals surface area contributed by atoms with Crippen molar-refractivity contribution in [2.75, 3.05) is 12.5 Å². The van der Waals surface area contributed by atoms with E-state index in [2.05, 4.69) is 9.72 Å². The topological polar surface area (TPSA) is 59.4 Å². The number of rotatable bonds is 6.